The molecule has 0 amide bonds. The van der Waals surface area contributed by atoms with E-state index in [1.54, 1.807) is 0 Å². The van der Waals surface area contributed by atoms with Gasteiger partial charge in [-0.05, 0) is 44.4 Å². The summed E-state index contributed by atoms with van der Waals surface area (Å²) in [5.74, 6) is 0.826. The Balaban J connectivity index is 2.11. The molecule has 0 aromatic heterocycles. The molecule has 0 N–H and O–H groups in total. The van der Waals surface area contributed by atoms with Crippen molar-refractivity contribution in [3.63, 3.8) is 0 Å². The van der Waals surface area contributed by atoms with Crippen LogP contribution in [0.1, 0.15) is 59.8 Å². The van der Waals surface area contributed by atoms with Crippen LogP contribution in [0.3, 0.4) is 0 Å². The standard InChI is InChI=1S/C14H27N/c1-11(2)13-9-14(7-5-6-8-14)10-15(13)12(3)4/h11-13H,5-10H2,1-4H3. The summed E-state index contributed by atoms with van der Waals surface area (Å²) in [5.41, 5.74) is 0.721. The third-order valence-corrected chi connectivity index (χ3v) is 4.68. The summed E-state index contributed by atoms with van der Waals surface area (Å²) < 4.78 is 0. The van der Waals surface area contributed by atoms with E-state index in [9.17, 15) is 0 Å². The topological polar surface area (TPSA) is 3.24 Å². The molecule has 0 radical (unpaired) electrons. The van der Waals surface area contributed by atoms with Crippen molar-refractivity contribution in [2.75, 3.05) is 6.54 Å². The molecule has 1 heteroatoms. The quantitative estimate of drug-likeness (QED) is 0.670. The summed E-state index contributed by atoms with van der Waals surface area (Å²) >= 11 is 0. The van der Waals surface area contributed by atoms with E-state index in [2.05, 4.69) is 32.6 Å². The molecule has 1 aliphatic carbocycles. The van der Waals surface area contributed by atoms with Crippen LogP contribution in [0.4, 0.5) is 0 Å². The van der Waals surface area contributed by atoms with Gasteiger partial charge >= 0.3 is 0 Å². The maximum Gasteiger partial charge on any atom is 0.0127 e. The molecule has 1 saturated carbocycles. The van der Waals surface area contributed by atoms with Gasteiger partial charge in [0.25, 0.3) is 0 Å². The Hall–Kier alpha value is -0.0400. The van der Waals surface area contributed by atoms with Crippen LogP contribution in [0.15, 0.2) is 0 Å². The minimum absolute atomic E-state index is 0.721. The van der Waals surface area contributed by atoms with E-state index in [-0.39, 0.29) is 0 Å². The Labute approximate surface area is 95.2 Å². The molecule has 1 heterocycles. The number of hydrogen-bond acceptors (Lipinski definition) is 1. The second-order valence-electron chi connectivity index (χ2n) is 6.49. The van der Waals surface area contributed by atoms with Gasteiger partial charge in [0.15, 0.2) is 0 Å². The molecular formula is C14H27N. The highest BCUT2D eigenvalue weighted by Crippen LogP contribution is 2.49. The van der Waals surface area contributed by atoms with Crippen molar-refractivity contribution in [2.45, 2.75) is 71.9 Å². The maximum absolute atomic E-state index is 2.77. The number of hydrogen-bond donors (Lipinski definition) is 0. The monoisotopic (exact) mass is 209 g/mol. The van der Waals surface area contributed by atoms with E-state index in [0.717, 1.165) is 23.4 Å². The van der Waals surface area contributed by atoms with Gasteiger partial charge in [-0.3, -0.25) is 4.90 Å². The molecule has 0 aromatic carbocycles. The van der Waals surface area contributed by atoms with Gasteiger partial charge in [-0.15, -0.1) is 0 Å². The predicted molar refractivity (Wildman–Crippen MR) is 66.0 cm³/mol. The number of likely N-dealkylation sites (tertiary alicyclic amines) is 1. The van der Waals surface area contributed by atoms with Gasteiger partial charge in [0.1, 0.15) is 0 Å². The van der Waals surface area contributed by atoms with Crippen molar-refractivity contribution < 1.29 is 0 Å². The van der Waals surface area contributed by atoms with Gasteiger partial charge in [0, 0.05) is 18.6 Å². The van der Waals surface area contributed by atoms with E-state index >= 15 is 0 Å². The first-order valence-corrected chi connectivity index (χ1v) is 6.80. The smallest absolute Gasteiger partial charge is 0.0127 e. The van der Waals surface area contributed by atoms with E-state index in [0.29, 0.717) is 0 Å². The summed E-state index contributed by atoms with van der Waals surface area (Å²) in [6.07, 6.45) is 7.44. The number of nitrogens with zero attached hydrogens (tertiary/aromatic N) is 1. The molecule has 2 aliphatic rings. The van der Waals surface area contributed by atoms with Crippen LogP contribution in [-0.4, -0.2) is 23.5 Å². The minimum atomic E-state index is 0.721. The van der Waals surface area contributed by atoms with Crippen LogP contribution in [0, 0.1) is 11.3 Å². The predicted octanol–water partition coefficient (Wildman–Crippen LogP) is 3.69. The minimum Gasteiger partial charge on any atom is -0.297 e. The third kappa shape index (κ3) is 2.08. The molecule has 1 nitrogen and oxygen atoms in total. The van der Waals surface area contributed by atoms with Crippen LogP contribution in [0.25, 0.3) is 0 Å². The highest BCUT2D eigenvalue weighted by Gasteiger charge is 2.46. The van der Waals surface area contributed by atoms with Gasteiger partial charge in [-0.2, -0.15) is 0 Å². The molecule has 1 spiro atoms. The van der Waals surface area contributed by atoms with Crippen molar-refractivity contribution in [1.82, 2.24) is 4.90 Å². The molecule has 0 aromatic rings. The van der Waals surface area contributed by atoms with E-state index in [1.165, 1.54) is 38.6 Å². The van der Waals surface area contributed by atoms with Crippen molar-refractivity contribution in [2.24, 2.45) is 11.3 Å². The summed E-state index contributed by atoms with van der Waals surface area (Å²) in [7, 11) is 0. The van der Waals surface area contributed by atoms with Crippen LogP contribution >= 0.6 is 0 Å². The molecule has 1 aliphatic heterocycles. The first kappa shape index (κ1) is 11.4. The Bertz CT molecular complexity index is 195. The molecule has 15 heavy (non-hydrogen) atoms. The molecule has 1 atom stereocenters. The van der Waals surface area contributed by atoms with E-state index in [4.69, 9.17) is 0 Å². The summed E-state index contributed by atoms with van der Waals surface area (Å²) in [5, 5.41) is 0. The van der Waals surface area contributed by atoms with Crippen molar-refractivity contribution in [1.29, 1.82) is 0 Å². The first-order valence-electron chi connectivity index (χ1n) is 6.80. The van der Waals surface area contributed by atoms with E-state index < -0.39 is 0 Å². The van der Waals surface area contributed by atoms with Crippen LogP contribution in [-0.2, 0) is 0 Å². The maximum atomic E-state index is 2.77. The van der Waals surface area contributed by atoms with E-state index in [1.807, 2.05) is 0 Å². The SMILES string of the molecule is CC(C)C1CC2(CCCC2)CN1C(C)C. The molecule has 1 unspecified atom stereocenters. The van der Waals surface area contributed by atoms with Crippen molar-refractivity contribution >= 4 is 0 Å². The molecule has 88 valence electrons. The largest absolute Gasteiger partial charge is 0.297 e. The molecule has 2 fully saturated rings. The molecular weight excluding hydrogens is 182 g/mol. The van der Waals surface area contributed by atoms with Crippen molar-refractivity contribution in [3.05, 3.63) is 0 Å². The van der Waals surface area contributed by atoms with Gasteiger partial charge in [-0.25, -0.2) is 0 Å². The molecule has 0 bridgehead atoms. The lowest BCUT2D eigenvalue weighted by Crippen LogP contribution is -2.38. The van der Waals surface area contributed by atoms with Gasteiger partial charge in [0.2, 0.25) is 0 Å². The fraction of sp³-hybridized carbons (Fsp3) is 1.00. The summed E-state index contributed by atoms with van der Waals surface area (Å²) in [6, 6.07) is 1.58. The molecule has 2 rings (SSSR count). The van der Waals surface area contributed by atoms with Crippen LogP contribution < -0.4 is 0 Å². The second kappa shape index (κ2) is 4.08. The fourth-order valence-corrected chi connectivity index (χ4v) is 3.80. The summed E-state index contributed by atoms with van der Waals surface area (Å²) in [6.45, 7) is 10.9. The molecule has 1 saturated heterocycles. The normalized spacial score (nSPS) is 31.2. The van der Waals surface area contributed by atoms with Gasteiger partial charge < -0.3 is 0 Å². The zero-order valence-corrected chi connectivity index (χ0v) is 10.9. The highest BCUT2D eigenvalue weighted by molar-refractivity contribution is 5.00. The van der Waals surface area contributed by atoms with Gasteiger partial charge in [-0.1, -0.05) is 26.7 Å². The van der Waals surface area contributed by atoms with Gasteiger partial charge in [0.05, 0.1) is 0 Å². The van der Waals surface area contributed by atoms with Crippen LogP contribution in [0.2, 0.25) is 0 Å². The Morgan fingerprint density at radius 3 is 2.07 bits per heavy atom. The zero-order valence-electron chi connectivity index (χ0n) is 10.9. The Morgan fingerprint density at radius 1 is 1.07 bits per heavy atom. The average molecular weight is 209 g/mol. The Kier molecular flexibility index (Phi) is 3.12. The van der Waals surface area contributed by atoms with Crippen LogP contribution in [0.5, 0.6) is 0 Å². The highest BCUT2D eigenvalue weighted by atomic mass is 15.2. The lowest BCUT2D eigenvalue weighted by Gasteiger charge is -2.31. The average Bonchev–Trinajstić information content (AvgIpc) is 2.74. The fourth-order valence-electron chi connectivity index (χ4n) is 3.80. The Morgan fingerprint density at radius 2 is 1.67 bits per heavy atom. The third-order valence-electron chi connectivity index (χ3n) is 4.68. The van der Waals surface area contributed by atoms with Crippen molar-refractivity contribution in [3.8, 4) is 0 Å². The first-order chi connectivity index (χ1) is 7.04. The zero-order chi connectivity index (χ0) is 11.1. The second-order valence-corrected chi connectivity index (χ2v) is 6.49. The lowest BCUT2D eigenvalue weighted by molar-refractivity contribution is 0.159. The number of rotatable bonds is 2. The summed E-state index contributed by atoms with van der Waals surface area (Å²) in [4.78, 5) is 2.77. The lowest BCUT2D eigenvalue weighted by atomic mass is 9.82.